The molecule has 0 spiro atoms. The third kappa shape index (κ3) is 2.77. The molecule has 14 heteroatoms. The smallest absolute Gasteiger partial charge is 0.428 e. The molecule has 1 aromatic carbocycles. The Hall–Kier alpha value is -2.51. The van der Waals surface area contributed by atoms with Crippen LogP contribution in [0.4, 0.5) is 45.2 Å². The lowest BCUT2D eigenvalue weighted by Gasteiger charge is -2.31. The molecule has 5 nitrogen and oxygen atoms in total. The van der Waals surface area contributed by atoms with Crippen molar-refractivity contribution < 1.29 is 58.6 Å². The predicted octanol–water partition coefficient (Wildman–Crippen LogP) is 3.61. The molecular weight excluding hydrogens is 417 g/mol. The summed E-state index contributed by atoms with van der Waals surface area (Å²) in [6.45, 7) is 0. The van der Waals surface area contributed by atoms with E-state index in [2.05, 4.69) is 9.47 Å². The van der Waals surface area contributed by atoms with Gasteiger partial charge in [0.15, 0.2) is 0 Å². The van der Waals surface area contributed by atoms with E-state index in [9.17, 15) is 49.1 Å². The van der Waals surface area contributed by atoms with E-state index in [-0.39, 0.29) is 5.56 Å². The number of esters is 1. The Balaban J connectivity index is 2.33. The number of alkyl halides is 9. The van der Waals surface area contributed by atoms with Crippen LogP contribution in [-0.2, 0) is 14.3 Å². The molecule has 156 valence electrons. The lowest BCUT2D eigenvalue weighted by molar-refractivity contribution is -0.366. The van der Waals surface area contributed by atoms with Gasteiger partial charge in [-0.2, -0.15) is 39.5 Å². The topological polar surface area (TPSA) is 64.6 Å². The van der Waals surface area contributed by atoms with E-state index in [0.29, 0.717) is 0 Å². The normalized spacial score (nSPS) is 25.2. The second-order valence-electron chi connectivity index (χ2n) is 5.46. The maximum Gasteiger partial charge on any atom is 0.428 e. The van der Waals surface area contributed by atoms with Crippen molar-refractivity contribution in [1.82, 2.24) is 0 Å². The van der Waals surface area contributed by atoms with Crippen LogP contribution < -0.4 is 5.32 Å². The van der Waals surface area contributed by atoms with Crippen molar-refractivity contribution in [1.29, 1.82) is 0 Å². The molecule has 0 radical (unpaired) electrons. The van der Waals surface area contributed by atoms with Gasteiger partial charge in [0.05, 0.1) is 12.7 Å². The highest BCUT2D eigenvalue weighted by molar-refractivity contribution is 5.97. The van der Waals surface area contributed by atoms with Gasteiger partial charge in [-0.3, -0.25) is 9.53 Å². The first kappa shape index (κ1) is 21.8. The van der Waals surface area contributed by atoms with Crippen molar-refractivity contribution in [2.24, 2.45) is 0 Å². The van der Waals surface area contributed by atoms with Crippen molar-refractivity contribution in [3.8, 4) is 0 Å². The van der Waals surface area contributed by atoms with Crippen LogP contribution in [0, 0.1) is 0 Å². The molecule has 1 N–H and O–H groups in total. The first-order valence-corrected chi connectivity index (χ1v) is 6.95. The summed E-state index contributed by atoms with van der Waals surface area (Å²) in [6, 6.07) is 3.35. The monoisotopic (exact) mass is 425 g/mol. The Morgan fingerprint density at radius 3 is 1.86 bits per heavy atom. The Labute approximate surface area is 149 Å². The summed E-state index contributed by atoms with van der Waals surface area (Å²) in [5.74, 6) is -29.8. The van der Waals surface area contributed by atoms with Crippen LogP contribution in [0.25, 0.3) is 0 Å². The van der Waals surface area contributed by atoms with Crippen molar-refractivity contribution >= 4 is 17.6 Å². The summed E-state index contributed by atoms with van der Waals surface area (Å²) in [4.78, 5) is 22.7. The molecule has 0 aliphatic carbocycles. The fourth-order valence-corrected chi connectivity index (χ4v) is 2.11. The molecule has 28 heavy (non-hydrogen) atoms. The number of carbonyl (C=O) groups is 2. The molecule has 1 aromatic rings. The molecule has 2 rings (SSSR count). The SMILES string of the molecule is COC(=O)c1ccc(NC(=O)C(F)(F)C2(F)OC(F)(F)C(F)(F)C2(F)F)cc1. The van der Waals surface area contributed by atoms with Gasteiger partial charge in [0.2, 0.25) is 0 Å². The van der Waals surface area contributed by atoms with Gasteiger partial charge in [-0.25, -0.2) is 4.79 Å². The summed E-state index contributed by atoms with van der Waals surface area (Å²) < 4.78 is 127. The van der Waals surface area contributed by atoms with Crippen molar-refractivity contribution in [3.05, 3.63) is 29.8 Å². The molecule has 0 saturated carbocycles. The van der Waals surface area contributed by atoms with E-state index >= 15 is 0 Å². The molecule has 0 aromatic heterocycles. The molecule has 1 unspecified atom stereocenters. The Morgan fingerprint density at radius 2 is 1.46 bits per heavy atom. The molecule has 1 fully saturated rings. The first-order valence-electron chi connectivity index (χ1n) is 6.95. The van der Waals surface area contributed by atoms with Gasteiger partial charge < -0.3 is 10.1 Å². The van der Waals surface area contributed by atoms with Crippen LogP contribution in [0.3, 0.4) is 0 Å². The molecule has 1 saturated heterocycles. The van der Waals surface area contributed by atoms with E-state index in [1.807, 2.05) is 0 Å². The summed E-state index contributed by atoms with van der Waals surface area (Å²) in [5, 5.41) is 1.18. The second kappa shape index (κ2) is 6.25. The molecule has 1 atom stereocenters. The largest absolute Gasteiger partial charge is 0.465 e. The zero-order valence-electron chi connectivity index (χ0n) is 13.3. The van der Waals surface area contributed by atoms with Crippen molar-refractivity contribution in [2.75, 3.05) is 12.4 Å². The predicted molar refractivity (Wildman–Crippen MR) is 71.1 cm³/mol. The minimum atomic E-state index is -6.76. The third-order valence-electron chi connectivity index (χ3n) is 3.69. The zero-order chi connectivity index (χ0) is 21.8. The average Bonchev–Trinajstić information content (AvgIpc) is 2.69. The minimum absolute atomic E-state index is 0.140. The first-order chi connectivity index (χ1) is 12.5. The minimum Gasteiger partial charge on any atom is -0.465 e. The van der Waals surface area contributed by atoms with Crippen molar-refractivity contribution in [2.45, 2.75) is 29.7 Å². The van der Waals surface area contributed by atoms with Crippen LogP contribution in [0.2, 0.25) is 0 Å². The van der Waals surface area contributed by atoms with Gasteiger partial charge in [-0.05, 0) is 24.3 Å². The second-order valence-corrected chi connectivity index (χ2v) is 5.46. The number of nitrogens with one attached hydrogen (secondary N) is 1. The number of benzene rings is 1. The number of methoxy groups -OCH3 is 1. The number of anilines is 1. The highest BCUT2D eigenvalue weighted by Crippen LogP contribution is 2.64. The lowest BCUT2D eigenvalue weighted by atomic mass is 9.99. The van der Waals surface area contributed by atoms with E-state index in [1.165, 1.54) is 5.32 Å². The van der Waals surface area contributed by atoms with Crippen molar-refractivity contribution in [3.63, 3.8) is 0 Å². The lowest BCUT2D eigenvalue weighted by Crippen LogP contribution is -2.63. The number of carbonyl (C=O) groups excluding carboxylic acids is 2. The molecule has 0 bridgehead atoms. The van der Waals surface area contributed by atoms with Gasteiger partial charge in [0.25, 0.3) is 0 Å². The molecule has 1 aliphatic rings. The van der Waals surface area contributed by atoms with Gasteiger partial charge >= 0.3 is 41.6 Å². The van der Waals surface area contributed by atoms with E-state index < -0.39 is 47.3 Å². The highest BCUT2D eigenvalue weighted by atomic mass is 19.4. The van der Waals surface area contributed by atoms with Crippen LogP contribution in [-0.4, -0.2) is 48.7 Å². The summed E-state index contributed by atoms with van der Waals surface area (Å²) >= 11 is 0. The maximum atomic E-state index is 14.0. The quantitative estimate of drug-likeness (QED) is 0.592. The number of ether oxygens (including phenoxy) is 2. The third-order valence-corrected chi connectivity index (χ3v) is 3.69. The average molecular weight is 425 g/mol. The zero-order valence-corrected chi connectivity index (χ0v) is 13.3. The van der Waals surface area contributed by atoms with E-state index in [0.717, 1.165) is 31.4 Å². The standard InChI is InChI=1S/C14H8F9NO4/c1-27-8(25)6-2-4-7(5-3-6)24-9(26)10(15,16)13(21)11(17,18)12(19,20)14(22,23)28-13/h2-5H,1H3,(H,24,26). The Morgan fingerprint density at radius 1 is 0.964 bits per heavy atom. The molecular formula is C14H8F9NO4. The number of amides is 1. The Bertz CT molecular complexity index is 797. The van der Waals surface area contributed by atoms with Crippen LogP contribution >= 0.6 is 0 Å². The number of rotatable bonds is 4. The van der Waals surface area contributed by atoms with E-state index in [1.54, 1.807) is 0 Å². The summed E-state index contributed by atoms with van der Waals surface area (Å²) in [5.41, 5.74) is -0.778. The molecule has 1 heterocycles. The maximum absolute atomic E-state index is 14.0. The van der Waals surface area contributed by atoms with Gasteiger partial charge in [0, 0.05) is 5.69 Å². The number of hydrogen-bond acceptors (Lipinski definition) is 4. The highest BCUT2D eigenvalue weighted by Gasteiger charge is 2.96. The number of hydrogen-bond donors (Lipinski definition) is 1. The summed E-state index contributed by atoms with van der Waals surface area (Å²) in [6.07, 6.45) is -6.32. The Kier molecular flexibility index (Phi) is 4.86. The molecule has 1 aliphatic heterocycles. The number of halogens is 9. The summed E-state index contributed by atoms with van der Waals surface area (Å²) in [7, 11) is 1.01. The van der Waals surface area contributed by atoms with Gasteiger partial charge in [-0.1, -0.05) is 0 Å². The fraction of sp³-hybridized carbons (Fsp3) is 0.429. The van der Waals surface area contributed by atoms with Crippen LogP contribution in [0.1, 0.15) is 10.4 Å². The van der Waals surface area contributed by atoms with Gasteiger partial charge in [0.1, 0.15) is 0 Å². The van der Waals surface area contributed by atoms with E-state index in [4.69, 9.17) is 0 Å². The molecule has 1 amide bonds. The van der Waals surface area contributed by atoms with Crippen LogP contribution in [0.5, 0.6) is 0 Å². The fourth-order valence-electron chi connectivity index (χ4n) is 2.11. The van der Waals surface area contributed by atoms with Crippen LogP contribution in [0.15, 0.2) is 24.3 Å². The van der Waals surface area contributed by atoms with Gasteiger partial charge in [-0.15, -0.1) is 0 Å².